The fourth-order valence-electron chi connectivity index (χ4n) is 1.69. The minimum atomic E-state index is 0.721. The Bertz CT molecular complexity index is 488. The fourth-order valence-corrected chi connectivity index (χ4v) is 2.09. The fraction of sp³-hybridized carbons (Fsp3) is 0.545. The van der Waals surface area contributed by atoms with Crippen molar-refractivity contribution in [2.75, 3.05) is 5.33 Å². The van der Waals surface area contributed by atoms with E-state index in [1.54, 1.807) is 0 Å². The van der Waals surface area contributed by atoms with Gasteiger partial charge in [-0.3, -0.25) is 4.68 Å². The molecule has 2 heterocycles. The molecule has 2 rings (SSSR count). The van der Waals surface area contributed by atoms with Gasteiger partial charge in [-0.05, 0) is 12.5 Å². The average molecular weight is 298 g/mol. The molecule has 0 bridgehead atoms. The molecule has 2 aromatic heterocycles. The Kier molecular flexibility index (Phi) is 3.93. The molecule has 0 atom stereocenters. The third kappa shape index (κ3) is 2.94. The first kappa shape index (κ1) is 12.3. The molecule has 0 aliphatic rings. The minimum Gasteiger partial charge on any atom is -0.270 e. The highest BCUT2D eigenvalue weighted by Crippen LogP contribution is 2.06. The van der Waals surface area contributed by atoms with Crippen LogP contribution in [0.1, 0.15) is 24.0 Å². The van der Waals surface area contributed by atoms with E-state index in [0.717, 1.165) is 41.8 Å². The van der Waals surface area contributed by atoms with Crippen LogP contribution in [-0.4, -0.2) is 30.1 Å². The number of aryl methyl sites for hydroxylation is 3. The molecule has 5 nitrogen and oxygen atoms in total. The van der Waals surface area contributed by atoms with Gasteiger partial charge in [0.2, 0.25) is 0 Å². The number of halogens is 1. The molecule has 0 saturated carbocycles. The van der Waals surface area contributed by atoms with Crippen molar-refractivity contribution < 1.29 is 0 Å². The molecule has 92 valence electrons. The van der Waals surface area contributed by atoms with Gasteiger partial charge in [-0.1, -0.05) is 28.1 Å². The number of rotatable bonds is 5. The van der Waals surface area contributed by atoms with Crippen molar-refractivity contribution in [3.63, 3.8) is 0 Å². The van der Waals surface area contributed by atoms with Crippen molar-refractivity contribution in [2.24, 2.45) is 7.05 Å². The Labute approximate surface area is 109 Å². The molecule has 2 aromatic rings. The van der Waals surface area contributed by atoms with E-state index in [4.69, 9.17) is 0 Å². The first-order valence-corrected chi connectivity index (χ1v) is 6.81. The Morgan fingerprint density at radius 3 is 2.82 bits per heavy atom. The van der Waals surface area contributed by atoms with Crippen molar-refractivity contribution in [2.45, 2.75) is 26.3 Å². The topological polar surface area (TPSA) is 48.5 Å². The van der Waals surface area contributed by atoms with E-state index in [9.17, 15) is 0 Å². The van der Waals surface area contributed by atoms with Crippen molar-refractivity contribution in [3.05, 3.63) is 29.3 Å². The lowest BCUT2D eigenvalue weighted by molar-refractivity contribution is 0.598. The van der Waals surface area contributed by atoms with Crippen LogP contribution in [0.4, 0.5) is 0 Å². The number of nitrogens with zero attached hydrogens (tertiary/aromatic N) is 5. The summed E-state index contributed by atoms with van der Waals surface area (Å²) in [4.78, 5) is 0. The van der Waals surface area contributed by atoms with Gasteiger partial charge >= 0.3 is 0 Å². The van der Waals surface area contributed by atoms with Gasteiger partial charge in [-0.15, -0.1) is 5.10 Å². The maximum atomic E-state index is 4.42. The van der Waals surface area contributed by atoms with Crippen LogP contribution < -0.4 is 0 Å². The summed E-state index contributed by atoms with van der Waals surface area (Å²) in [5.41, 5.74) is 3.28. The lowest BCUT2D eigenvalue weighted by Gasteiger charge is -2.00. The zero-order valence-corrected chi connectivity index (χ0v) is 11.7. The summed E-state index contributed by atoms with van der Waals surface area (Å²) in [7, 11) is 1.96. The van der Waals surface area contributed by atoms with E-state index in [1.807, 2.05) is 22.6 Å². The van der Waals surface area contributed by atoms with Gasteiger partial charge in [0, 0.05) is 25.0 Å². The van der Waals surface area contributed by atoms with Crippen molar-refractivity contribution in [1.29, 1.82) is 0 Å². The molecule has 0 aromatic carbocycles. The molecule has 0 aliphatic heterocycles. The summed E-state index contributed by atoms with van der Waals surface area (Å²) in [5, 5.41) is 13.6. The summed E-state index contributed by atoms with van der Waals surface area (Å²) in [6.45, 7) is 2.83. The van der Waals surface area contributed by atoms with Crippen LogP contribution in [-0.2, 0) is 26.4 Å². The van der Waals surface area contributed by atoms with E-state index in [0.29, 0.717) is 0 Å². The van der Waals surface area contributed by atoms with Crippen LogP contribution in [0.3, 0.4) is 0 Å². The largest absolute Gasteiger partial charge is 0.270 e. The van der Waals surface area contributed by atoms with Crippen LogP contribution in [0, 0.1) is 0 Å². The SMILES string of the molecule is CCc1cc(Cn2cc(CCBr)nn2)n(C)n1. The number of hydrogen-bond acceptors (Lipinski definition) is 3. The minimum absolute atomic E-state index is 0.721. The summed E-state index contributed by atoms with van der Waals surface area (Å²) in [6, 6.07) is 2.12. The van der Waals surface area contributed by atoms with Crippen LogP contribution in [0.15, 0.2) is 12.3 Å². The van der Waals surface area contributed by atoms with Crippen LogP contribution >= 0.6 is 15.9 Å². The number of hydrogen-bond donors (Lipinski definition) is 0. The van der Waals surface area contributed by atoms with Gasteiger partial charge in [0.05, 0.1) is 23.6 Å². The molecule has 0 saturated heterocycles. The predicted octanol–water partition coefficient (Wildman–Crippen LogP) is 1.56. The van der Waals surface area contributed by atoms with Gasteiger partial charge in [0.15, 0.2) is 0 Å². The highest BCUT2D eigenvalue weighted by atomic mass is 79.9. The first-order valence-electron chi connectivity index (χ1n) is 5.69. The Hall–Kier alpha value is -1.17. The molecule has 0 radical (unpaired) electrons. The molecule has 0 N–H and O–H groups in total. The molecule has 6 heteroatoms. The molecule has 0 unspecified atom stereocenters. The van der Waals surface area contributed by atoms with E-state index in [-0.39, 0.29) is 0 Å². The summed E-state index contributed by atoms with van der Waals surface area (Å²) in [5.74, 6) is 0. The molecule has 0 aliphatic carbocycles. The Morgan fingerprint density at radius 2 is 2.18 bits per heavy atom. The van der Waals surface area contributed by atoms with Gasteiger partial charge < -0.3 is 0 Å². The van der Waals surface area contributed by atoms with Crippen LogP contribution in [0.2, 0.25) is 0 Å². The maximum absolute atomic E-state index is 4.42. The number of alkyl halides is 1. The molecule has 0 spiro atoms. The smallest absolute Gasteiger partial charge is 0.0846 e. The zero-order valence-electron chi connectivity index (χ0n) is 10.1. The third-order valence-electron chi connectivity index (χ3n) is 2.65. The standard InChI is InChI=1S/C11H16BrN5/c1-3-9-6-11(16(2)14-9)8-17-7-10(4-5-12)13-15-17/h6-7H,3-5,8H2,1-2H3. The Balaban J connectivity index is 2.10. The predicted molar refractivity (Wildman–Crippen MR) is 69.2 cm³/mol. The molecular formula is C11H16BrN5. The quantitative estimate of drug-likeness (QED) is 0.787. The zero-order chi connectivity index (χ0) is 12.3. The summed E-state index contributed by atoms with van der Waals surface area (Å²) >= 11 is 3.40. The monoisotopic (exact) mass is 297 g/mol. The second-order valence-electron chi connectivity index (χ2n) is 3.95. The second-order valence-corrected chi connectivity index (χ2v) is 4.74. The van der Waals surface area contributed by atoms with Crippen molar-refractivity contribution in [1.82, 2.24) is 24.8 Å². The highest BCUT2D eigenvalue weighted by Gasteiger charge is 2.06. The van der Waals surface area contributed by atoms with Crippen molar-refractivity contribution >= 4 is 15.9 Å². The maximum Gasteiger partial charge on any atom is 0.0846 e. The average Bonchev–Trinajstić information content (AvgIpc) is 2.88. The lowest BCUT2D eigenvalue weighted by Crippen LogP contribution is -2.06. The van der Waals surface area contributed by atoms with E-state index in [2.05, 4.69) is 44.3 Å². The third-order valence-corrected chi connectivity index (χ3v) is 3.05. The lowest BCUT2D eigenvalue weighted by atomic mass is 10.3. The van der Waals surface area contributed by atoms with Crippen LogP contribution in [0.25, 0.3) is 0 Å². The van der Waals surface area contributed by atoms with Crippen LogP contribution in [0.5, 0.6) is 0 Å². The number of aromatic nitrogens is 5. The van der Waals surface area contributed by atoms with E-state index in [1.165, 1.54) is 0 Å². The Morgan fingerprint density at radius 1 is 1.35 bits per heavy atom. The van der Waals surface area contributed by atoms with Gasteiger partial charge in [0.25, 0.3) is 0 Å². The molecule has 0 amide bonds. The van der Waals surface area contributed by atoms with Gasteiger partial charge in [0.1, 0.15) is 0 Å². The van der Waals surface area contributed by atoms with Crippen molar-refractivity contribution in [3.8, 4) is 0 Å². The first-order chi connectivity index (χ1) is 8.22. The second kappa shape index (κ2) is 5.44. The normalized spacial score (nSPS) is 11.0. The summed E-state index contributed by atoms with van der Waals surface area (Å²) in [6.07, 6.45) is 3.85. The molecule has 0 fully saturated rings. The van der Waals surface area contributed by atoms with Gasteiger partial charge in [-0.25, -0.2) is 4.68 Å². The molecule has 17 heavy (non-hydrogen) atoms. The van der Waals surface area contributed by atoms with E-state index >= 15 is 0 Å². The van der Waals surface area contributed by atoms with E-state index < -0.39 is 0 Å². The molecular weight excluding hydrogens is 282 g/mol. The summed E-state index contributed by atoms with van der Waals surface area (Å²) < 4.78 is 3.76. The highest BCUT2D eigenvalue weighted by molar-refractivity contribution is 9.09. The van der Waals surface area contributed by atoms with Gasteiger partial charge in [-0.2, -0.15) is 5.10 Å².